The fourth-order valence-electron chi connectivity index (χ4n) is 2.04. The van der Waals surface area contributed by atoms with Gasteiger partial charge in [0.25, 0.3) is 0 Å². The Balaban J connectivity index is 2.53. The third-order valence-electron chi connectivity index (χ3n) is 3.83. The standard InChI is InChI=1S/C14H23F3N2O3/c1-3-22-8-7-13(21,14(15,16)17)9-18-12(20)19-10(2)11-5-4-6-11/h7-8,10-11,21H,3-6,9H2,1-2H3,(H2,18,19,20)/b8-7+. The molecule has 128 valence electrons. The van der Waals surface area contributed by atoms with Crippen LogP contribution in [0.3, 0.4) is 0 Å². The molecule has 1 fully saturated rings. The minimum Gasteiger partial charge on any atom is -0.502 e. The quantitative estimate of drug-likeness (QED) is 0.630. The van der Waals surface area contributed by atoms with Crippen molar-refractivity contribution >= 4 is 6.03 Å². The van der Waals surface area contributed by atoms with E-state index in [1.54, 1.807) is 6.92 Å². The molecule has 22 heavy (non-hydrogen) atoms. The van der Waals surface area contributed by atoms with Gasteiger partial charge in [0.1, 0.15) is 0 Å². The molecule has 1 saturated carbocycles. The Morgan fingerprint density at radius 2 is 2.09 bits per heavy atom. The molecule has 8 heteroatoms. The van der Waals surface area contributed by atoms with Crippen LogP contribution in [0.5, 0.6) is 0 Å². The van der Waals surface area contributed by atoms with Crippen molar-refractivity contribution in [3.8, 4) is 0 Å². The predicted octanol–water partition coefficient (Wildman–Crippen LogP) is 2.32. The number of ether oxygens (including phenoxy) is 1. The zero-order chi connectivity index (χ0) is 16.8. The molecular weight excluding hydrogens is 301 g/mol. The van der Waals surface area contributed by atoms with Crippen molar-refractivity contribution in [2.24, 2.45) is 5.92 Å². The second-order valence-corrected chi connectivity index (χ2v) is 5.49. The number of hydrogen-bond acceptors (Lipinski definition) is 3. The zero-order valence-electron chi connectivity index (χ0n) is 12.7. The first-order valence-corrected chi connectivity index (χ1v) is 7.32. The number of carbonyl (C=O) groups excluding carboxylic acids is 1. The molecule has 5 nitrogen and oxygen atoms in total. The normalized spacial score (nSPS) is 20.1. The molecule has 0 heterocycles. The Hall–Kier alpha value is -1.44. The highest BCUT2D eigenvalue weighted by atomic mass is 19.4. The number of rotatable bonds is 7. The predicted molar refractivity (Wildman–Crippen MR) is 75.1 cm³/mol. The van der Waals surface area contributed by atoms with Crippen molar-refractivity contribution in [3.63, 3.8) is 0 Å². The van der Waals surface area contributed by atoms with Crippen LogP contribution >= 0.6 is 0 Å². The van der Waals surface area contributed by atoms with E-state index in [4.69, 9.17) is 0 Å². The van der Waals surface area contributed by atoms with Gasteiger partial charge in [0, 0.05) is 6.04 Å². The van der Waals surface area contributed by atoms with Crippen LogP contribution in [-0.2, 0) is 4.74 Å². The van der Waals surface area contributed by atoms with Gasteiger partial charge in [-0.05, 0) is 38.7 Å². The first-order valence-electron chi connectivity index (χ1n) is 7.32. The van der Waals surface area contributed by atoms with Crippen molar-refractivity contribution in [2.45, 2.75) is 50.9 Å². The van der Waals surface area contributed by atoms with E-state index in [2.05, 4.69) is 15.4 Å². The Labute approximate surface area is 127 Å². The number of alkyl halides is 3. The van der Waals surface area contributed by atoms with Gasteiger partial charge < -0.3 is 20.5 Å². The summed E-state index contributed by atoms with van der Waals surface area (Å²) in [7, 11) is 0. The van der Waals surface area contributed by atoms with Crippen molar-refractivity contribution in [3.05, 3.63) is 12.3 Å². The SMILES string of the molecule is CCO/C=C/C(O)(CNC(=O)NC(C)C1CCC1)C(F)(F)F. The summed E-state index contributed by atoms with van der Waals surface area (Å²) in [6.45, 7) is 2.61. The highest BCUT2D eigenvalue weighted by Gasteiger charge is 2.52. The number of carbonyl (C=O) groups is 1. The molecule has 3 N–H and O–H groups in total. The van der Waals surface area contributed by atoms with E-state index < -0.39 is 24.4 Å². The van der Waals surface area contributed by atoms with Crippen LogP contribution in [0.2, 0.25) is 0 Å². The van der Waals surface area contributed by atoms with Crippen LogP contribution in [0.25, 0.3) is 0 Å². The van der Waals surface area contributed by atoms with Crippen LogP contribution in [0.1, 0.15) is 33.1 Å². The second-order valence-electron chi connectivity index (χ2n) is 5.49. The van der Waals surface area contributed by atoms with Crippen LogP contribution < -0.4 is 10.6 Å². The number of hydrogen-bond donors (Lipinski definition) is 3. The van der Waals surface area contributed by atoms with E-state index >= 15 is 0 Å². The Morgan fingerprint density at radius 3 is 2.55 bits per heavy atom. The third-order valence-corrected chi connectivity index (χ3v) is 3.83. The molecule has 0 spiro atoms. The summed E-state index contributed by atoms with van der Waals surface area (Å²) in [5, 5.41) is 14.3. The Kier molecular flexibility index (Phi) is 6.52. The van der Waals surface area contributed by atoms with Gasteiger partial charge in [0.2, 0.25) is 0 Å². The highest BCUT2D eigenvalue weighted by Crippen LogP contribution is 2.31. The van der Waals surface area contributed by atoms with Gasteiger partial charge in [0.15, 0.2) is 5.60 Å². The Bertz CT molecular complexity index is 397. The van der Waals surface area contributed by atoms with Gasteiger partial charge in [-0.25, -0.2) is 4.79 Å². The van der Waals surface area contributed by atoms with E-state index in [0.29, 0.717) is 12.0 Å². The van der Waals surface area contributed by atoms with Crippen molar-refractivity contribution < 1.29 is 27.8 Å². The smallest absolute Gasteiger partial charge is 0.422 e. The van der Waals surface area contributed by atoms with Crippen LogP contribution in [0.4, 0.5) is 18.0 Å². The molecule has 0 saturated heterocycles. The van der Waals surface area contributed by atoms with E-state index in [0.717, 1.165) is 25.5 Å². The summed E-state index contributed by atoms with van der Waals surface area (Å²) in [6.07, 6.45) is -0.534. The molecule has 0 bridgehead atoms. The van der Waals surface area contributed by atoms with Crippen LogP contribution in [0.15, 0.2) is 12.3 Å². The summed E-state index contributed by atoms with van der Waals surface area (Å²) >= 11 is 0. The Morgan fingerprint density at radius 1 is 1.45 bits per heavy atom. The maximum atomic E-state index is 12.9. The molecule has 1 aliphatic carbocycles. The monoisotopic (exact) mass is 324 g/mol. The number of halogens is 3. The summed E-state index contributed by atoms with van der Waals surface area (Å²) < 4.78 is 43.4. The van der Waals surface area contributed by atoms with Crippen molar-refractivity contribution in [1.29, 1.82) is 0 Å². The maximum Gasteiger partial charge on any atom is 0.422 e. The number of aliphatic hydroxyl groups is 1. The van der Waals surface area contributed by atoms with E-state index in [-0.39, 0.29) is 12.6 Å². The topological polar surface area (TPSA) is 70.6 Å². The lowest BCUT2D eigenvalue weighted by atomic mass is 9.80. The average molecular weight is 324 g/mol. The molecule has 0 radical (unpaired) electrons. The number of nitrogens with one attached hydrogen (secondary N) is 2. The molecule has 0 aromatic heterocycles. The molecule has 2 atom stereocenters. The van der Waals surface area contributed by atoms with Crippen molar-refractivity contribution in [1.82, 2.24) is 10.6 Å². The molecular formula is C14H23F3N2O3. The van der Waals surface area contributed by atoms with Crippen LogP contribution in [-0.4, -0.2) is 42.1 Å². The summed E-state index contributed by atoms with van der Waals surface area (Å²) in [6, 6.07) is -0.835. The minimum absolute atomic E-state index is 0.105. The number of amides is 2. The average Bonchev–Trinajstić information content (AvgIpc) is 2.33. The van der Waals surface area contributed by atoms with E-state index in [9.17, 15) is 23.1 Å². The number of urea groups is 1. The molecule has 0 aromatic rings. The maximum absolute atomic E-state index is 12.9. The lowest BCUT2D eigenvalue weighted by Crippen LogP contribution is -2.55. The highest BCUT2D eigenvalue weighted by molar-refractivity contribution is 5.74. The summed E-state index contributed by atoms with van der Waals surface area (Å²) in [5.74, 6) is 0.366. The fourth-order valence-corrected chi connectivity index (χ4v) is 2.04. The van der Waals surface area contributed by atoms with E-state index in [1.165, 1.54) is 0 Å². The van der Waals surface area contributed by atoms with Crippen molar-refractivity contribution in [2.75, 3.05) is 13.2 Å². The zero-order valence-corrected chi connectivity index (χ0v) is 12.7. The van der Waals surface area contributed by atoms with Gasteiger partial charge in [-0.15, -0.1) is 0 Å². The first-order chi connectivity index (χ1) is 10.2. The lowest BCUT2D eigenvalue weighted by Gasteiger charge is -2.32. The third kappa shape index (κ3) is 5.08. The summed E-state index contributed by atoms with van der Waals surface area (Å²) in [5.41, 5.74) is -3.17. The van der Waals surface area contributed by atoms with Gasteiger partial charge in [-0.1, -0.05) is 6.42 Å². The minimum atomic E-state index is -4.92. The molecule has 2 amide bonds. The van der Waals surface area contributed by atoms with Gasteiger partial charge in [-0.3, -0.25) is 0 Å². The lowest BCUT2D eigenvalue weighted by molar-refractivity contribution is -0.237. The van der Waals surface area contributed by atoms with Gasteiger partial charge in [-0.2, -0.15) is 13.2 Å². The molecule has 0 aromatic carbocycles. The van der Waals surface area contributed by atoms with E-state index in [1.807, 2.05) is 6.92 Å². The molecule has 1 aliphatic rings. The second kappa shape index (κ2) is 7.71. The molecule has 1 rings (SSSR count). The first kappa shape index (κ1) is 18.6. The molecule has 0 aliphatic heterocycles. The largest absolute Gasteiger partial charge is 0.502 e. The summed E-state index contributed by atoms with van der Waals surface area (Å²) in [4.78, 5) is 11.6. The van der Waals surface area contributed by atoms with Crippen LogP contribution in [0, 0.1) is 5.92 Å². The fraction of sp³-hybridized carbons (Fsp3) is 0.786. The van der Waals surface area contributed by atoms with Gasteiger partial charge >= 0.3 is 12.2 Å². The van der Waals surface area contributed by atoms with Gasteiger partial charge in [0.05, 0.1) is 19.4 Å². The molecule has 2 unspecified atom stereocenters.